The minimum Gasteiger partial charge on any atom is -0.465 e. The van der Waals surface area contributed by atoms with Crippen molar-refractivity contribution in [3.8, 4) is 5.82 Å². The molecule has 0 radical (unpaired) electrons. The lowest BCUT2D eigenvalue weighted by atomic mass is 10.1. The Bertz CT molecular complexity index is 1010. The normalized spacial score (nSPS) is 10.9. The van der Waals surface area contributed by atoms with Crippen LogP contribution in [0.3, 0.4) is 0 Å². The second-order valence-electron chi connectivity index (χ2n) is 5.22. The van der Waals surface area contributed by atoms with Gasteiger partial charge in [0.15, 0.2) is 5.69 Å². The van der Waals surface area contributed by atoms with Gasteiger partial charge in [0.1, 0.15) is 0 Å². The zero-order chi connectivity index (χ0) is 19.4. The Morgan fingerprint density at radius 2 is 2.04 bits per heavy atom. The summed E-state index contributed by atoms with van der Waals surface area (Å²) < 4.78 is 10.2. The summed E-state index contributed by atoms with van der Waals surface area (Å²) in [7, 11) is 1.30. The number of methoxy groups -OCH3 is 1. The molecule has 1 amide bonds. The van der Waals surface area contributed by atoms with Gasteiger partial charge in [-0.1, -0.05) is 17.3 Å². The molecule has 3 N–H and O–H groups in total. The number of anilines is 1. The number of nitrogens with two attached hydrogens (primary N) is 1. The molecular formula is C15H14N8O4. The van der Waals surface area contributed by atoms with Crippen molar-refractivity contribution < 1.29 is 19.0 Å². The molecule has 0 aliphatic carbocycles. The van der Waals surface area contributed by atoms with Crippen LogP contribution in [-0.4, -0.2) is 50.5 Å². The summed E-state index contributed by atoms with van der Waals surface area (Å²) in [5, 5.41) is 18.5. The molecule has 0 aliphatic heterocycles. The van der Waals surface area contributed by atoms with E-state index in [1.807, 2.05) is 0 Å². The van der Waals surface area contributed by atoms with E-state index in [4.69, 9.17) is 5.73 Å². The summed E-state index contributed by atoms with van der Waals surface area (Å²) in [6.45, 7) is 1.59. The number of ether oxygens (including phenoxy) is 1. The SMILES string of the molecule is COC(=O)c1ccc(/C=N\NC(=O)c2c(C)nnn2-c2nonc2N)cc1. The maximum Gasteiger partial charge on any atom is 0.337 e. The van der Waals surface area contributed by atoms with Crippen LogP contribution >= 0.6 is 0 Å². The summed E-state index contributed by atoms with van der Waals surface area (Å²) in [5.41, 5.74) is 9.47. The van der Waals surface area contributed by atoms with Crippen LogP contribution in [0.15, 0.2) is 34.0 Å². The summed E-state index contributed by atoms with van der Waals surface area (Å²) >= 11 is 0. The molecule has 12 nitrogen and oxygen atoms in total. The maximum absolute atomic E-state index is 12.4. The Balaban J connectivity index is 1.73. The van der Waals surface area contributed by atoms with Gasteiger partial charge in [0, 0.05) is 0 Å². The number of hydrogen-bond donors (Lipinski definition) is 2. The molecule has 0 atom stereocenters. The van der Waals surface area contributed by atoms with Crippen molar-refractivity contribution in [1.82, 2.24) is 30.7 Å². The molecule has 2 aromatic heterocycles. The van der Waals surface area contributed by atoms with Crippen LogP contribution in [0.1, 0.15) is 32.1 Å². The maximum atomic E-state index is 12.4. The Kier molecular flexibility index (Phi) is 4.88. The molecule has 0 aliphatic rings. The number of nitrogens with zero attached hydrogens (tertiary/aromatic N) is 6. The van der Waals surface area contributed by atoms with Crippen molar-refractivity contribution in [2.75, 3.05) is 12.8 Å². The van der Waals surface area contributed by atoms with E-state index < -0.39 is 11.9 Å². The van der Waals surface area contributed by atoms with Gasteiger partial charge in [-0.2, -0.15) is 9.78 Å². The molecular weight excluding hydrogens is 356 g/mol. The Morgan fingerprint density at radius 1 is 1.30 bits per heavy atom. The van der Waals surface area contributed by atoms with Crippen molar-refractivity contribution in [1.29, 1.82) is 0 Å². The number of benzene rings is 1. The Hall–Kier alpha value is -4.09. The topological polar surface area (TPSA) is 163 Å². The molecule has 1 aromatic carbocycles. The number of carbonyl (C=O) groups is 2. The standard InChI is InChI=1S/C15H14N8O4/c1-8-11(23(22-18-8)13-12(16)20-27-21-13)14(24)19-17-7-9-3-5-10(6-4-9)15(25)26-2/h3-7H,1-2H3,(H2,16,20)(H,19,24)/b17-7-. The van der Waals surface area contributed by atoms with Gasteiger partial charge < -0.3 is 10.5 Å². The van der Waals surface area contributed by atoms with Gasteiger partial charge in [-0.3, -0.25) is 4.79 Å². The van der Waals surface area contributed by atoms with Crippen molar-refractivity contribution in [2.45, 2.75) is 6.92 Å². The largest absolute Gasteiger partial charge is 0.465 e. The molecule has 2 heterocycles. The quantitative estimate of drug-likeness (QED) is 0.360. The lowest BCUT2D eigenvalue weighted by Gasteiger charge is -2.02. The number of carbonyl (C=O) groups excluding carboxylic acids is 2. The summed E-state index contributed by atoms with van der Waals surface area (Å²) in [6.07, 6.45) is 1.41. The van der Waals surface area contributed by atoms with E-state index in [1.54, 1.807) is 31.2 Å². The number of nitrogen functional groups attached to an aromatic ring is 1. The number of hydrogen-bond acceptors (Lipinski definition) is 10. The number of amides is 1. The first-order valence-electron chi connectivity index (χ1n) is 7.53. The fraction of sp³-hybridized carbons (Fsp3) is 0.133. The molecule has 0 unspecified atom stereocenters. The molecule has 27 heavy (non-hydrogen) atoms. The molecule has 0 saturated heterocycles. The zero-order valence-electron chi connectivity index (χ0n) is 14.3. The van der Waals surface area contributed by atoms with E-state index in [0.717, 1.165) is 4.68 Å². The smallest absolute Gasteiger partial charge is 0.337 e. The van der Waals surface area contributed by atoms with E-state index in [2.05, 4.69) is 40.5 Å². The highest BCUT2D eigenvalue weighted by Crippen LogP contribution is 2.14. The monoisotopic (exact) mass is 370 g/mol. The highest BCUT2D eigenvalue weighted by Gasteiger charge is 2.22. The number of aromatic nitrogens is 5. The van der Waals surface area contributed by atoms with Gasteiger partial charge in [-0.25, -0.2) is 14.8 Å². The van der Waals surface area contributed by atoms with Crippen molar-refractivity contribution in [2.24, 2.45) is 5.10 Å². The lowest BCUT2D eigenvalue weighted by molar-refractivity contribution is 0.0600. The molecule has 0 saturated carbocycles. The Labute approximate surface area is 151 Å². The van der Waals surface area contributed by atoms with Gasteiger partial charge >= 0.3 is 5.97 Å². The lowest BCUT2D eigenvalue weighted by Crippen LogP contribution is -2.22. The zero-order valence-corrected chi connectivity index (χ0v) is 14.3. The molecule has 0 fully saturated rings. The summed E-state index contributed by atoms with van der Waals surface area (Å²) in [6, 6.07) is 6.47. The van der Waals surface area contributed by atoms with Crippen LogP contribution in [0.2, 0.25) is 0 Å². The van der Waals surface area contributed by atoms with Gasteiger partial charge in [0.05, 0.1) is 24.6 Å². The molecule has 3 aromatic rings. The van der Waals surface area contributed by atoms with E-state index in [-0.39, 0.29) is 17.3 Å². The third-order valence-corrected chi connectivity index (χ3v) is 3.46. The second-order valence-corrected chi connectivity index (χ2v) is 5.22. The van der Waals surface area contributed by atoms with Crippen LogP contribution in [0, 0.1) is 6.92 Å². The Morgan fingerprint density at radius 3 is 2.67 bits per heavy atom. The predicted molar refractivity (Wildman–Crippen MR) is 91.2 cm³/mol. The van der Waals surface area contributed by atoms with Gasteiger partial charge in [0.25, 0.3) is 5.91 Å². The first-order valence-corrected chi connectivity index (χ1v) is 7.53. The van der Waals surface area contributed by atoms with E-state index in [9.17, 15) is 9.59 Å². The van der Waals surface area contributed by atoms with Crippen LogP contribution in [-0.2, 0) is 4.74 Å². The molecule has 0 spiro atoms. The molecule has 12 heteroatoms. The summed E-state index contributed by atoms with van der Waals surface area (Å²) in [4.78, 5) is 23.8. The van der Waals surface area contributed by atoms with Crippen LogP contribution in [0.25, 0.3) is 5.82 Å². The van der Waals surface area contributed by atoms with Gasteiger partial charge in [-0.15, -0.1) is 5.10 Å². The minimum atomic E-state index is -0.581. The van der Waals surface area contributed by atoms with Crippen molar-refractivity contribution >= 4 is 23.9 Å². The predicted octanol–water partition coefficient (Wildman–Crippen LogP) is 0.0914. The number of nitrogens with one attached hydrogen (secondary N) is 1. The van der Waals surface area contributed by atoms with Crippen molar-refractivity contribution in [3.63, 3.8) is 0 Å². The number of aryl methyl sites for hydroxylation is 1. The van der Waals surface area contributed by atoms with Crippen molar-refractivity contribution in [3.05, 3.63) is 46.8 Å². The van der Waals surface area contributed by atoms with E-state index in [1.165, 1.54) is 13.3 Å². The highest BCUT2D eigenvalue weighted by molar-refractivity contribution is 5.95. The van der Waals surface area contributed by atoms with Crippen LogP contribution < -0.4 is 11.2 Å². The van der Waals surface area contributed by atoms with E-state index >= 15 is 0 Å². The first kappa shape index (κ1) is 17.7. The average molecular weight is 370 g/mol. The van der Waals surface area contributed by atoms with Gasteiger partial charge in [0.2, 0.25) is 11.6 Å². The number of hydrazone groups is 1. The van der Waals surface area contributed by atoms with E-state index in [0.29, 0.717) is 16.8 Å². The molecule has 0 bridgehead atoms. The third-order valence-electron chi connectivity index (χ3n) is 3.46. The van der Waals surface area contributed by atoms with Crippen LogP contribution in [0.4, 0.5) is 5.82 Å². The fourth-order valence-corrected chi connectivity index (χ4v) is 2.15. The van der Waals surface area contributed by atoms with Gasteiger partial charge in [-0.05, 0) is 34.9 Å². The molecule has 138 valence electrons. The minimum absolute atomic E-state index is 0.0388. The third kappa shape index (κ3) is 3.63. The fourth-order valence-electron chi connectivity index (χ4n) is 2.15. The van der Waals surface area contributed by atoms with Crippen LogP contribution in [0.5, 0.6) is 0 Å². The molecule has 3 rings (SSSR count). The highest BCUT2D eigenvalue weighted by atomic mass is 16.6. The number of rotatable bonds is 5. The average Bonchev–Trinajstić information content (AvgIpc) is 3.26. The summed E-state index contributed by atoms with van der Waals surface area (Å²) in [5.74, 6) is -1.02. The number of esters is 1. The first-order chi connectivity index (χ1) is 13.0. The second kappa shape index (κ2) is 7.43.